The van der Waals surface area contributed by atoms with Gasteiger partial charge in [-0.15, -0.1) is 0 Å². The van der Waals surface area contributed by atoms with Crippen LogP contribution in [-0.4, -0.2) is 28.7 Å². The standard InChI is InChI=1S/C27H25NO6/c29-24-19-13-7-8-14-21(19)33-16-20(24)22-23(27(32)34-15-17-9-3-1-4-10-17)26(31)28(25(22)30)18-11-5-2-6-12-18/h1,3-4,7-10,13-14,16,18,22-23H,2,5-6,11-12,15H2/t22-,23-/m1/s1. The van der Waals surface area contributed by atoms with Crippen molar-refractivity contribution >= 4 is 28.8 Å². The van der Waals surface area contributed by atoms with Gasteiger partial charge in [-0.05, 0) is 30.5 Å². The number of esters is 1. The molecule has 2 amide bonds. The minimum atomic E-state index is -1.41. The Bertz CT molecular complexity index is 1290. The molecule has 2 atom stereocenters. The Hall–Kier alpha value is -3.74. The number of likely N-dealkylation sites (tertiary alicyclic amines) is 1. The zero-order valence-corrected chi connectivity index (χ0v) is 18.6. The Kier molecular flexibility index (Phi) is 6.01. The van der Waals surface area contributed by atoms with Crippen LogP contribution in [0.2, 0.25) is 0 Å². The van der Waals surface area contributed by atoms with Crippen molar-refractivity contribution in [3.8, 4) is 0 Å². The molecule has 5 rings (SSSR count). The molecule has 3 aromatic rings. The Labute approximate surface area is 196 Å². The maximum absolute atomic E-state index is 13.6. The average Bonchev–Trinajstić information content (AvgIpc) is 3.14. The molecule has 0 N–H and O–H groups in total. The quantitative estimate of drug-likeness (QED) is 0.326. The van der Waals surface area contributed by atoms with Gasteiger partial charge in [0.25, 0.3) is 0 Å². The van der Waals surface area contributed by atoms with E-state index < -0.39 is 35.0 Å². The second-order valence-corrected chi connectivity index (χ2v) is 8.90. The molecule has 174 valence electrons. The number of nitrogens with zero attached hydrogens (tertiary/aromatic N) is 1. The lowest BCUT2D eigenvalue weighted by Crippen LogP contribution is -2.42. The number of amides is 2. The molecule has 1 saturated heterocycles. The molecule has 1 saturated carbocycles. The van der Waals surface area contributed by atoms with E-state index in [4.69, 9.17) is 9.15 Å². The van der Waals surface area contributed by atoms with Crippen molar-refractivity contribution in [2.45, 2.75) is 50.7 Å². The number of rotatable bonds is 5. The second-order valence-electron chi connectivity index (χ2n) is 8.90. The summed E-state index contributed by atoms with van der Waals surface area (Å²) in [5, 5.41) is 0.299. The molecule has 1 aliphatic heterocycles. The van der Waals surface area contributed by atoms with Gasteiger partial charge in [0.2, 0.25) is 11.8 Å². The van der Waals surface area contributed by atoms with Crippen LogP contribution in [0.3, 0.4) is 0 Å². The molecule has 1 aliphatic carbocycles. The van der Waals surface area contributed by atoms with E-state index in [0.29, 0.717) is 23.8 Å². The highest BCUT2D eigenvalue weighted by atomic mass is 16.5. The fourth-order valence-electron chi connectivity index (χ4n) is 5.07. The Balaban J connectivity index is 1.53. The number of para-hydroxylation sites is 1. The van der Waals surface area contributed by atoms with Gasteiger partial charge < -0.3 is 9.15 Å². The van der Waals surface area contributed by atoms with E-state index in [1.807, 2.05) is 18.2 Å². The number of hydrogen-bond donors (Lipinski definition) is 0. The first-order valence-electron chi connectivity index (χ1n) is 11.6. The van der Waals surface area contributed by atoms with Crippen molar-refractivity contribution in [1.82, 2.24) is 4.90 Å². The lowest BCUT2D eigenvalue weighted by atomic mass is 9.88. The molecule has 7 nitrogen and oxygen atoms in total. The third kappa shape index (κ3) is 3.91. The molecule has 2 fully saturated rings. The van der Waals surface area contributed by atoms with Gasteiger partial charge in [-0.2, -0.15) is 0 Å². The Morgan fingerprint density at radius 2 is 1.62 bits per heavy atom. The van der Waals surface area contributed by atoms with Crippen LogP contribution >= 0.6 is 0 Å². The fraction of sp³-hybridized carbons (Fsp3) is 0.333. The molecule has 1 aromatic heterocycles. The van der Waals surface area contributed by atoms with Crippen molar-refractivity contribution in [2.75, 3.05) is 0 Å². The van der Waals surface area contributed by atoms with Crippen molar-refractivity contribution in [2.24, 2.45) is 5.92 Å². The lowest BCUT2D eigenvalue weighted by Gasteiger charge is -2.29. The summed E-state index contributed by atoms with van der Waals surface area (Å²) < 4.78 is 11.1. The van der Waals surface area contributed by atoms with E-state index in [0.717, 1.165) is 24.8 Å². The van der Waals surface area contributed by atoms with Crippen LogP contribution in [-0.2, 0) is 25.7 Å². The van der Waals surface area contributed by atoms with E-state index in [2.05, 4.69) is 0 Å². The third-order valence-electron chi connectivity index (χ3n) is 6.80. The number of carbonyl (C=O) groups excluding carboxylic acids is 3. The second kappa shape index (κ2) is 9.25. The van der Waals surface area contributed by atoms with E-state index in [-0.39, 0.29) is 18.2 Å². The van der Waals surface area contributed by atoms with Gasteiger partial charge in [0, 0.05) is 11.6 Å². The highest BCUT2D eigenvalue weighted by molar-refractivity contribution is 6.16. The molecule has 34 heavy (non-hydrogen) atoms. The van der Waals surface area contributed by atoms with Gasteiger partial charge in [0.05, 0.1) is 17.6 Å². The topological polar surface area (TPSA) is 93.9 Å². The largest absolute Gasteiger partial charge is 0.464 e. The number of carbonyl (C=O) groups is 3. The molecular weight excluding hydrogens is 434 g/mol. The predicted molar refractivity (Wildman–Crippen MR) is 124 cm³/mol. The maximum Gasteiger partial charge on any atom is 0.320 e. The zero-order valence-electron chi connectivity index (χ0n) is 18.6. The molecule has 7 heteroatoms. The summed E-state index contributed by atoms with van der Waals surface area (Å²) in [7, 11) is 0. The Morgan fingerprint density at radius 1 is 0.912 bits per heavy atom. The maximum atomic E-state index is 13.6. The smallest absolute Gasteiger partial charge is 0.320 e. The predicted octanol–water partition coefficient (Wildman–Crippen LogP) is 3.94. The highest BCUT2D eigenvalue weighted by Crippen LogP contribution is 2.39. The zero-order chi connectivity index (χ0) is 23.7. The van der Waals surface area contributed by atoms with Crippen LogP contribution in [0.4, 0.5) is 0 Å². The first-order chi connectivity index (χ1) is 16.6. The van der Waals surface area contributed by atoms with Crippen LogP contribution in [0.25, 0.3) is 11.0 Å². The highest BCUT2D eigenvalue weighted by Gasteiger charge is 2.55. The SMILES string of the molecule is O=C(OCc1ccccc1)[C@H]1C(=O)N(C2CCCCC2)C(=O)[C@@H]1c1coc2ccccc2c1=O. The van der Waals surface area contributed by atoms with Crippen LogP contribution in [0.1, 0.15) is 49.1 Å². The number of imide groups is 1. The molecule has 2 aromatic carbocycles. The van der Waals surface area contributed by atoms with Gasteiger partial charge in [-0.3, -0.25) is 24.1 Å². The Morgan fingerprint density at radius 3 is 2.38 bits per heavy atom. The molecule has 0 unspecified atom stereocenters. The van der Waals surface area contributed by atoms with Crippen LogP contribution < -0.4 is 5.43 Å². The first kappa shape index (κ1) is 22.1. The summed E-state index contributed by atoms with van der Waals surface area (Å²) in [6.07, 6.45) is 5.47. The van der Waals surface area contributed by atoms with E-state index in [1.165, 1.54) is 11.2 Å². The summed E-state index contributed by atoms with van der Waals surface area (Å²) in [6, 6.07) is 15.5. The van der Waals surface area contributed by atoms with Gasteiger partial charge >= 0.3 is 5.97 Å². The summed E-state index contributed by atoms with van der Waals surface area (Å²) in [6.45, 7) is -0.0277. The van der Waals surface area contributed by atoms with Crippen molar-refractivity contribution < 1.29 is 23.5 Å². The first-order valence-corrected chi connectivity index (χ1v) is 11.6. The molecule has 0 bridgehead atoms. The number of ether oxygens (including phenoxy) is 1. The summed E-state index contributed by atoms with van der Waals surface area (Å²) in [5.74, 6) is -4.60. The van der Waals surface area contributed by atoms with Crippen molar-refractivity contribution in [3.63, 3.8) is 0 Å². The lowest BCUT2D eigenvalue weighted by molar-refractivity contribution is -0.155. The van der Waals surface area contributed by atoms with Gasteiger partial charge in [-0.25, -0.2) is 0 Å². The number of benzene rings is 2. The van der Waals surface area contributed by atoms with E-state index >= 15 is 0 Å². The summed E-state index contributed by atoms with van der Waals surface area (Å²) in [5.41, 5.74) is 0.732. The van der Waals surface area contributed by atoms with Crippen molar-refractivity contribution in [1.29, 1.82) is 0 Å². The van der Waals surface area contributed by atoms with Gasteiger partial charge in [0.1, 0.15) is 12.2 Å². The third-order valence-corrected chi connectivity index (χ3v) is 6.80. The number of fused-ring (bicyclic) bond motifs is 1. The van der Waals surface area contributed by atoms with Crippen LogP contribution in [0, 0.1) is 5.92 Å². The number of hydrogen-bond acceptors (Lipinski definition) is 6. The van der Waals surface area contributed by atoms with Crippen molar-refractivity contribution in [3.05, 3.63) is 82.2 Å². The normalized spacial score (nSPS) is 21.2. The minimum Gasteiger partial charge on any atom is -0.464 e. The van der Waals surface area contributed by atoms with Gasteiger partial charge in [-0.1, -0.05) is 61.7 Å². The van der Waals surface area contributed by atoms with Crippen LogP contribution in [0.5, 0.6) is 0 Å². The molecule has 0 spiro atoms. The monoisotopic (exact) mass is 459 g/mol. The average molecular weight is 459 g/mol. The minimum absolute atomic E-state index is 0.0111. The fourth-order valence-corrected chi connectivity index (χ4v) is 5.07. The molecular formula is C27H25NO6. The summed E-state index contributed by atoms with van der Waals surface area (Å²) in [4.78, 5) is 54.8. The van der Waals surface area contributed by atoms with E-state index in [9.17, 15) is 19.2 Å². The van der Waals surface area contributed by atoms with E-state index in [1.54, 1.807) is 36.4 Å². The molecule has 0 radical (unpaired) electrons. The molecule has 2 heterocycles. The molecule has 2 aliphatic rings. The van der Waals surface area contributed by atoms with Gasteiger partial charge in [0.15, 0.2) is 11.3 Å². The summed E-state index contributed by atoms with van der Waals surface area (Å²) >= 11 is 0. The van der Waals surface area contributed by atoms with Crippen LogP contribution in [0.15, 0.2) is 70.1 Å².